The molecule has 17 heavy (non-hydrogen) atoms. The molecule has 0 saturated heterocycles. The lowest BCUT2D eigenvalue weighted by Gasteiger charge is -2.14. The van der Waals surface area contributed by atoms with E-state index in [1.54, 1.807) is 12.1 Å². The maximum atomic E-state index is 11.2. The lowest BCUT2D eigenvalue weighted by molar-refractivity contribution is 0.0600. The predicted octanol–water partition coefficient (Wildman–Crippen LogP) is 1.09. The van der Waals surface area contributed by atoms with Crippen LogP contribution < -0.4 is 5.32 Å². The first-order valence-electron chi connectivity index (χ1n) is 5.72. The molecule has 2 N–H and O–H groups in total. The van der Waals surface area contributed by atoms with Crippen LogP contribution in [0.4, 0.5) is 0 Å². The quantitative estimate of drug-likeness (QED) is 0.750. The fourth-order valence-electron chi connectivity index (χ4n) is 1.71. The molecule has 2 rings (SSSR count). The van der Waals surface area contributed by atoms with Gasteiger partial charge in [0.25, 0.3) is 0 Å². The number of hydrogen-bond donors (Lipinski definition) is 2. The Bertz CT molecular complexity index is 396. The van der Waals surface area contributed by atoms with Gasteiger partial charge in [0, 0.05) is 12.1 Å². The third kappa shape index (κ3) is 2.84. The second-order valence-electron chi connectivity index (χ2n) is 4.48. The molecule has 1 aromatic carbocycles. The first-order chi connectivity index (χ1) is 8.19. The van der Waals surface area contributed by atoms with Gasteiger partial charge in [-0.05, 0) is 30.5 Å². The van der Waals surface area contributed by atoms with Crippen molar-refractivity contribution in [2.24, 2.45) is 0 Å². The van der Waals surface area contributed by atoms with Crippen molar-refractivity contribution in [1.29, 1.82) is 0 Å². The molecule has 0 unspecified atom stereocenters. The number of nitrogens with one attached hydrogen (secondary N) is 1. The zero-order chi connectivity index (χ0) is 12.3. The molecule has 1 aliphatic rings. The van der Waals surface area contributed by atoms with Crippen molar-refractivity contribution in [3.05, 3.63) is 35.4 Å². The summed E-state index contributed by atoms with van der Waals surface area (Å²) < 4.78 is 4.63. The Morgan fingerprint density at radius 2 is 2.06 bits per heavy atom. The van der Waals surface area contributed by atoms with E-state index >= 15 is 0 Å². The SMILES string of the molecule is COC(=O)c1ccc(CNC2(CO)CC2)cc1. The Hall–Kier alpha value is -1.39. The Kier molecular flexibility index (Phi) is 3.45. The number of aliphatic hydroxyl groups excluding tert-OH is 1. The predicted molar refractivity (Wildman–Crippen MR) is 63.7 cm³/mol. The van der Waals surface area contributed by atoms with Gasteiger partial charge < -0.3 is 15.2 Å². The minimum atomic E-state index is -0.321. The number of ether oxygens (including phenoxy) is 1. The van der Waals surface area contributed by atoms with Crippen molar-refractivity contribution in [1.82, 2.24) is 5.32 Å². The molecule has 0 amide bonds. The van der Waals surface area contributed by atoms with Crippen LogP contribution in [0.25, 0.3) is 0 Å². The Morgan fingerprint density at radius 3 is 2.53 bits per heavy atom. The molecule has 4 heteroatoms. The molecule has 92 valence electrons. The Labute approximate surface area is 101 Å². The number of carbonyl (C=O) groups excluding carboxylic acids is 1. The van der Waals surface area contributed by atoms with Crippen molar-refractivity contribution in [3.63, 3.8) is 0 Å². The largest absolute Gasteiger partial charge is 0.465 e. The molecule has 0 atom stereocenters. The fourth-order valence-corrected chi connectivity index (χ4v) is 1.71. The highest BCUT2D eigenvalue weighted by molar-refractivity contribution is 5.89. The van der Waals surface area contributed by atoms with Crippen LogP contribution in [0.2, 0.25) is 0 Å². The monoisotopic (exact) mass is 235 g/mol. The fraction of sp³-hybridized carbons (Fsp3) is 0.462. The van der Waals surface area contributed by atoms with Gasteiger partial charge in [0.2, 0.25) is 0 Å². The average molecular weight is 235 g/mol. The van der Waals surface area contributed by atoms with E-state index in [-0.39, 0.29) is 18.1 Å². The molecule has 4 nitrogen and oxygen atoms in total. The third-order valence-electron chi connectivity index (χ3n) is 3.20. The van der Waals surface area contributed by atoms with Crippen molar-refractivity contribution in [3.8, 4) is 0 Å². The van der Waals surface area contributed by atoms with E-state index in [2.05, 4.69) is 10.1 Å². The van der Waals surface area contributed by atoms with Crippen LogP contribution in [0, 0.1) is 0 Å². The molecule has 0 radical (unpaired) electrons. The van der Waals surface area contributed by atoms with Crippen molar-refractivity contribution >= 4 is 5.97 Å². The zero-order valence-electron chi connectivity index (χ0n) is 9.90. The molecule has 1 aromatic rings. The van der Waals surface area contributed by atoms with Crippen molar-refractivity contribution in [2.45, 2.75) is 24.9 Å². The number of hydrogen-bond acceptors (Lipinski definition) is 4. The minimum absolute atomic E-state index is 0.0545. The summed E-state index contributed by atoms with van der Waals surface area (Å²) in [6, 6.07) is 7.29. The van der Waals surface area contributed by atoms with Gasteiger partial charge in [0.05, 0.1) is 19.3 Å². The highest BCUT2D eigenvalue weighted by Gasteiger charge is 2.41. The van der Waals surface area contributed by atoms with Crippen LogP contribution >= 0.6 is 0 Å². The summed E-state index contributed by atoms with van der Waals surface area (Å²) in [4.78, 5) is 11.2. The van der Waals surface area contributed by atoms with E-state index in [1.807, 2.05) is 12.1 Å². The number of rotatable bonds is 5. The van der Waals surface area contributed by atoms with E-state index in [0.717, 1.165) is 18.4 Å². The van der Waals surface area contributed by atoms with Crippen LogP contribution in [0.1, 0.15) is 28.8 Å². The van der Waals surface area contributed by atoms with Gasteiger partial charge >= 0.3 is 5.97 Å². The topological polar surface area (TPSA) is 58.6 Å². The number of benzene rings is 1. The van der Waals surface area contributed by atoms with Crippen LogP contribution in [-0.4, -0.2) is 30.3 Å². The molecule has 1 fully saturated rings. The summed E-state index contributed by atoms with van der Waals surface area (Å²) >= 11 is 0. The van der Waals surface area contributed by atoms with Gasteiger partial charge in [0.15, 0.2) is 0 Å². The Balaban J connectivity index is 1.92. The third-order valence-corrected chi connectivity index (χ3v) is 3.20. The summed E-state index contributed by atoms with van der Waals surface area (Å²) in [5.41, 5.74) is 1.60. The van der Waals surface area contributed by atoms with Gasteiger partial charge in [-0.2, -0.15) is 0 Å². The summed E-state index contributed by atoms with van der Waals surface area (Å²) in [6.07, 6.45) is 2.06. The summed E-state index contributed by atoms with van der Waals surface area (Å²) in [5, 5.41) is 12.5. The molecule has 0 aromatic heterocycles. The molecule has 1 saturated carbocycles. The first kappa shape index (κ1) is 12.1. The molecule has 0 aliphatic heterocycles. The molecule has 0 spiro atoms. The van der Waals surface area contributed by atoms with E-state index < -0.39 is 0 Å². The van der Waals surface area contributed by atoms with Crippen LogP contribution in [0.5, 0.6) is 0 Å². The zero-order valence-corrected chi connectivity index (χ0v) is 9.90. The van der Waals surface area contributed by atoms with Crippen LogP contribution in [0.15, 0.2) is 24.3 Å². The normalized spacial score (nSPS) is 16.6. The molecular formula is C13H17NO3. The molecular weight excluding hydrogens is 218 g/mol. The van der Waals surface area contributed by atoms with Crippen molar-refractivity contribution in [2.75, 3.05) is 13.7 Å². The minimum Gasteiger partial charge on any atom is -0.465 e. The van der Waals surface area contributed by atoms with Gasteiger partial charge in [-0.3, -0.25) is 0 Å². The standard InChI is InChI=1S/C13H17NO3/c1-17-12(16)11-4-2-10(3-5-11)8-14-13(9-15)6-7-13/h2-5,14-15H,6-9H2,1H3. The summed E-state index contributed by atoms with van der Waals surface area (Å²) in [5.74, 6) is -0.321. The number of esters is 1. The van der Waals surface area contributed by atoms with E-state index in [1.165, 1.54) is 7.11 Å². The highest BCUT2D eigenvalue weighted by Crippen LogP contribution is 2.34. The van der Waals surface area contributed by atoms with Gasteiger partial charge in [-0.1, -0.05) is 12.1 Å². The van der Waals surface area contributed by atoms with E-state index in [4.69, 9.17) is 5.11 Å². The number of aliphatic hydroxyl groups is 1. The number of methoxy groups -OCH3 is 1. The van der Waals surface area contributed by atoms with E-state index in [9.17, 15) is 4.79 Å². The second kappa shape index (κ2) is 4.85. The van der Waals surface area contributed by atoms with Crippen LogP contribution in [0.3, 0.4) is 0 Å². The maximum absolute atomic E-state index is 11.2. The maximum Gasteiger partial charge on any atom is 0.337 e. The molecule has 0 heterocycles. The van der Waals surface area contributed by atoms with E-state index in [0.29, 0.717) is 12.1 Å². The number of carbonyl (C=O) groups is 1. The van der Waals surface area contributed by atoms with Crippen molar-refractivity contribution < 1.29 is 14.6 Å². The summed E-state index contributed by atoms with van der Waals surface area (Å²) in [6.45, 7) is 0.898. The summed E-state index contributed by atoms with van der Waals surface area (Å²) in [7, 11) is 1.37. The molecule has 0 bridgehead atoms. The lowest BCUT2D eigenvalue weighted by atomic mass is 10.1. The van der Waals surface area contributed by atoms with Gasteiger partial charge in [-0.15, -0.1) is 0 Å². The lowest BCUT2D eigenvalue weighted by Crippen LogP contribution is -2.34. The Morgan fingerprint density at radius 1 is 1.41 bits per heavy atom. The van der Waals surface area contributed by atoms with Gasteiger partial charge in [0.1, 0.15) is 0 Å². The second-order valence-corrected chi connectivity index (χ2v) is 4.48. The van der Waals surface area contributed by atoms with Crippen LogP contribution in [-0.2, 0) is 11.3 Å². The first-order valence-corrected chi connectivity index (χ1v) is 5.72. The smallest absolute Gasteiger partial charge is 0.337 e. The molecule has 1 aliphatic carbocycles. The highest BCUT2D eigenvalue weighted by atomic mass is 16.5. The van der Waals surface area contributed by atoms with Gasteiger partial charge in [-0.25, -0.2) is 4.79 Å². The average Bonchev–Trinajstić information content (AvgIpc) is 3.17.